The minimum atomic E-state index is -0.302. The van der Waals surface area contributed by atoms with Crippen molar-refractivity contribution in [2.45, 2.75) is 12.5 Å². The first kappa shape index (κ1) is 21.0. The Morgan fingerprint density at radius 2 is 1.80 bits per heavy atom. The maximum absolute atomic E-state index is 9.18. The number of hydrogen-bond acceptors (Lipinski definition) is 6. The zero-order valence-corrected chi connectivity index (χ0v) is 19.3. The second kappa shape index (κ2) is 8.36. The fraction of sp³-hybridized carbons (Fsp3) is 0.143. The van der Waals surface area contributed by atoms with Gasteiger partial charge in [-0.3, -0.25) is 5.41 Å². The first-order valence-corrected chi connectivity index (χ1v) is 11.3. The predicted molar refractivity (Wildman–Crippen MR) is 130 cm³/mol. The molecule has 0 spiro atoms. The van der Waals surface area contributed by atoms with Crippen molar-refractivity contribution in [1.82, 2.24) is 9.55 Å². The van der Waals surface area contributed by atoms with Crippen LogP contribution >= 0.6 is 0 Å². The molecular formula is C28H23N3O4. The van der Waals surface area contributed by atoms with Gasteiger partial charge in [0.1, 0.15) is 23.3 Å². The molecule has 6 rings (SSSR count). The van der Waals surface area contributed by atoms with Crippen molar-refractivity contribution in [1.29, 1.82) is 5.41 Å². The molecule has 0 aliphatic carbocycles. The summed E-state index contributed by atoms with van der Waals surface area (Å²) in [5, 5.41) is 11.3. The summed E-state index contributed by atoms with van der Waals surface area (Å²) in [5.74, 6) is 2.87. The van der Waals surface area contributed by atoms with Crippen LogP contribution in [0.15, 0.2) is 83.7 Å². The summed E-state index contributed by atoms with van der Waals surface area (Å²) < 4.78 is 24.7. The number of nitrogens with one attached hydrogen (secondary N) is 1. The molecule has 1 N–H and O–H groups in total. The molecule has 0 radical (unpaired) electrons. The van der Waals surface area contributed by atoms with Crippen molar-refractivity contribution in [2.75, 3.05) is 14.2 Å². The smallest absolute Gasteiger partial charge is 0.228 e. The molecule has 0 bridgehead atoms. The number of nitrogens with zero attached hydrogens (tertiary/aromatic N) is 2. The van der Waals surface area contributed by atoms with Gasteiger partial charge in [0, 0.05) is 11.5 Å². The number of fused-ring (bicyclic) bond motifs is 4. The number of hydrogen-bond donors (Lipinski definition) is 1. The van der Waals surface area contributed by atoms with Crippen molar-refractivity contribution >= 4 is 10.8 Å². The van der Waals surface area contributed by atoms with Gasteiger partial charge in [-0.05, 0) is 46.7 Å². The fourth-order valence-electron chi connectivity index (χ4n) is 4.81. The Kier molecular flexibility index (Phi) is 5.03. The van der Waals surface area contributed by atoms with E-state index in [-0.39, 0.29) is 5.92 Å². The van der Waals surface area contributed by atoms with E-state index < -0.39 is 0 Å². The molecule has 3 aromatic carbocycles. The summed E-state index contributed by atoms with van der Waals surface area (Å²) in [4.78, 5) is 4.61. The Morgan fingerprint density at radius 3 is 2.60 bits per heavy atom. The van der Waals surface area contributed by atoms with E-state index in [2.05, 4.69) is 17.1 Å². The first-order chi connectivity index (χ1) is 17.2. The molecule has 1 aliphatic rings. The van der Waals surface area contributed by atoms with Crippen molar-refractivity contribution in [3.05, 3.63) is 107 Å². The average Bonchev–Trinajstić information content (AvgIpc) is 3.42. The molecule has 1 atom stereocenters. The molecule has 174 valence electrons. The van der Waals surface area contributed by atoms with E-state index in [0.717, 1.165) is 33.4 Å². The second-order valence-electron chi connectivity index (χ2n) is 8.37. The lowest BCUT2D eigenvalue weighted by molar-refractivity contribution is 0.354. The lowest BCUT2D eigenvalue weighted by Crippen LogP contribution is -2.30. The topological polar surface area (TPSA) is 82.5 Å². The molecule has 35 heavy (non-hydrogen) atoms. The highest BCUT2D eigenvalue weighted by atomic mass is 16.5. The highest BCUT2D eigenvalue weighted by Gasteiger charge is 2.34. The molecule has 3 heterocycles. The van der Waals surface area contributed by atoms with Crippen LogP contribution in [0.3, 0.4) is 0 Å². The Bertz CT molecular complexity index is 1610. The quantitative estimate of drug-likeness (QED) is 0.366. The van der Waals surface area contributed by atoms with E-state index in [4.69, 9.17) is 18.6 Å². The monoisotopic (exact) mass is 465 g/mol. The third kappa shape index (κ3) is 3.44. The molecule has 0 saturated heterocycles. The average molecular weight is 466 g/mol. The Hall–Kier alpha value is -4.52. The number of furan rings is 1. The third-order valence-electron chi connectivity index (χ3n) is 6.45. The van der Waals surface area contributed by atoms with Gasteiger partial charge in [-0.25, -0.2) is 4.98 Å². The van der Waals surface area contributed by atoms with Crippen LogP contribution in [0, 0.1) is 5.41 Å². The van der Waals surface area contributed by atoms with E-state index >= 15 is 0 Å². The summed E-state index contributed by atoms with van der Waals surface area (Å²) in [6.45, 7) is 0.396. The van der Waals surface area contributed by atoms with Crippen LogP contribution in [0.1, 0.15) is 28.4 Å². The Morgan fingerprint density at radius 1 is 0.943 bits per heavy atom. The van der Waals surface area contributed by atoms with Crippen LogP contribution in [-0.2, 0) is 6.54 Å². The highest BCUT2D eigenvalue weighted by molar-refractivity contribution is 5.90. The summed E-state index contributed by atoms with van der Waals surface area (Å²) in [7, 11) is 3.24. The maximum Gasteiger partial charge on any atom is 0.228 e. The predicted octanol–water partition coefficient (Wildman–Crippen LogP) is 5.46. The molecule has 2 aromatic heterocycles. The number of ether oxygens (including phenoxy) is 3. The van der Waals surface area contributed by atoms with Gasteiger partial charge in [0.05, 0.1) is 32.6 Å². The number of aromatic nitrogens is 2. The fourth-order valence-corrected chi connectivity index (χ4v) is 4.81. The van der Waals surface area contributed by atoms with Gasteiger partial charge < -0.3 is 23.2 Å². The molecule has 5 aromatic rings. The van der Waals surface area contributed by atoms with Crippen molar-refractivity contribution < 1.29 is 18.6 Å². The summed E-state index contributed by atoms with van der Waals surface area (Å²) in [5.41, 5.74) is 2.95. The SMILES string of the molecule is COc1ccc(C2c3c(ncn(Cc4ccco4)c3=N)Oc3ccc4ccccc4c32)cc1OC. The molecule has 0 fully saturated rings. The number of benzene rings is 3. The number of methoxy groups -OCH3 is 2. The molecule has 0 amide bonds. The summed E-state index contributed by atoms with van der Waals surface area (Å²) in [6.07, 6.45) is 3.25. The van der Waals surface area contributed by atoms with Crippen LogP contribution in [0.4, 0.5) is 0 Å². The molecule has 0 saturated carbocycles. The van der Waals surface area contributed by atoms with Gasteiger partial charge in [0.15, 0.2) is 11.5 Å². The van der Waals surface area contributed by atoms with Crippen LogP contribution in [0.5, 0.6) is 23.1 Å². The summed E-state index contributed by atoms with van der Waals surface area (Å²) in [6, 6.07) is 21.8. The van der Waals surface area contributed by atoms with Gasteiger partial charge in [0.2, 0.25) is 5.88 Å². The van der Waals surface area contributed by atoms with Crippen molar-refractivity contribution in [3.8, 4) is 23.1 Å². The van der Waals surface area contributed by atoms with Gasteiger partial charge in [0.25, 0.3) is 0 Å². The van der Waals surface area contributed by atoms with Crippen LogP contribution in [0.25, 0.3) is 10.8 Å². The van der Waals surface area contributed by atoms with E-state index in [0.29, 0.717) is 35.0 Å². The first-order valence-electron chi connectivity index (χ1n) is 11.3. The van der Waals surface area contributed by atoms with Crippen molar-refractivity contribution in [2.24, 2.45) is 0 Å². The molecule has 7 heteroatoms. The largest absolute Gasteiger partial charge is 0.493 e. The van der Waals surface area contributed by atoms with E-state index in [9.17, 15) is 5.41 Å². The van der Waals surface area contributed by atoms with Crippen LogP contribution in [-0.4, -0.2) is 23.8 Å². The molecule has 1 unspecified atom stereocenters. The Labute approximate surface area is 201 Å². The normalized spacial score (nSPS) is 14.2. The minimum Gasteiger partial charge on any atom is -0.493 e. The van der Waals surface area contributed by atoms with Gasteiger partial charge in [-0.15, -0.1) is 0 Å². The maximum atomic E-state index is 9.18. The minimum absolute atomic E-state index is 0.302. The standard InChI is InChI=1S/C28H23N3O4/c1-32-21-11-10-18(14-23(21)33-2)24-25-20-8-4-3-6-17(20)9-12-22(25)35-28-26(24)27(29)31(16-30-28)15-19-7-5-13-34-19/h3-14,16,24,29H,15H2,1-2H3. The molecular weight excluding hydrogens is 442 g/mol. The Balaban J connectivity index is 1.63. The van der Waals surface area contributed by atoms with Gasteiger partial charge in [-0.2, -0.15) is 0 Å². The highest BCUT2D eigenvalue weighted by Crippen LogP contribution is 2.49. The van der Waals surface area contributed by atoms with Gasteiger partial charge in [-0.1, -0.05) is 36.4 Å². The zero-order chi connectivity index (χ0) is 23.9. The lowest BCUT2D eigenvalue weighted by Gasteiger charge is -2.30. The number of rotatable bonds is 5. The lowest BCUT2D eigenvalue weighted by atomic mass is 9.81. The van der Waals surface area contributed by atoms with Crippen LogP contribution < -0.4 is 19.7 Å². The van der Waals surface area contributed by atoms with Crippen molar-refractivity contribution in [3.63, 3.8) is 0 Å². The van der Waals surface area contributed by atoms with Gasteiger partial charge >= 0.3 is 0 Å². The van der Waals surface area contributed by atoms with Crippen LogP contribution in [0.2, 0.25) is 0 Å². The van der Waals surface area contributed by atoms with E-state index in [1.807, 2.05) is 54.6 Å². The molecule has 1 aliphatic heterocycles. The second-order valence-corrected chi connectivity index (χ2v) is 8.37. The molecule has 7 nitrogen and oxygen atoms in total. The summed E-state index contributed by atoms with van der Waals surface area (Å²) >= 11 is 0. The zero-order valence-electron chi connectivity index (χ0n) is 19.3. The van der Waals surface area contributed by atoms with E-state index in [1.165, 1.54) is 0 Å². The third-order valence-corrected chi connectivity index (χ3v) is 6.45. The van der Waals surface area contributed by atoms with E-state index in [1.54, 1.807) is 31.4 Å².